The second-order valence-electron chi connectivity index (χ2n) is 7.34. The zero-order chi connectivity index (χ0) is 20.3. The third-order valence-corrected chi connectivity index (χ3v) is 5.33. The predicted octanol–water partition coefficient (Wildman–Crippen LogP) is 2.55. The molecule has 0 unspecified atom stereocenters. The zero-order valence-corrected chi connectivity index (χ0v) is 17.3. The van der Waals surface area contributed by atoms with Crippen LogP contribution in [0.2, 0.25) is 0 Å². The SMILES string of the molecule is COC[C@@H]1CCN(C(=O)NC2=NC(=C(/C)c3cnn(C)c3)/C(=C(\C)OC)C2)C1. The third kappa shape index (κ3) is 4.27. The quantitative estimate of drug-likeness (QED) is 0.805. The standard InChI is InChI=1S/C20H29N5O3/c1-13(16-9-21-24(3)11-16)19-17(14(2)28-5)8-18(22-19)23-20(26)25-7-6-15(10-25)12-27-4/h9,11,15H,6-8,10,12H2,1-5H3,(H,22,23,26)/b17-14+,19-13-/t15-/m1/s1. The van der Waals surface area contributed by atoms with E-state index in [9.17, 15) is 4.79 Å². The van der Waals surface area contributed by atoms with Crippen molar-refractivity contribution in [2.75, 3.05) is 33.9 Å². The molecule has 152 valence electrons. The lowest BCUT2D eigenvalue weighted by Gasteiger charge is -2.17. The fourth-order valence-electron chi connectivity index (χ4n) is 3.63. The summed E-state index contributed by atoms with van der Waals surface area (Å²) >= 11 is 0. The van der Waals surface area contributed by atoms with Crippen LogP contribution in [0.3, 0.4) is 0 Å². The third-order valence-electron chi connectivity index (χ3n) is 5.33. The topological polar surface area (TPSA) is 81.0 Å². The molecule has 8 nitrogen and oxygen atoms in total. The van der Waals surface area contributed by atoms with Crippen LogP contribution in [0.25, 0.3) is 5.57 Å². The fourth-order valence-corrected chi connectivity index (χ4v) is 3.63. The summed E-state index contributed by atoms with van der Waals surface area (Å²) in [6.07, 6.45) is 5.27. The van der Waals surface area contributed by atoms with E-state index in [4.69, 9.17) is 14.5 Å². The number of urea groups is 1. The average Bonchev–Trinajstić information content (AvgIpc) is 3.40. The van der Waals surface area contributed by atoms with Gasteiger partial charge in [-0.1, -0.05) is 0 Å². The molecule has 28 heavy (non-hydrogen) atoms. The van der Waals surface area contributed by atoms with Gasteiger partial charge in [-0.05, 0) is 25.8 Å². The first-order valence-electron chi connectivity index (χ1n) is 9.49. The van der Waals surface area contributed by atoms with E-state index in [0.717, 1.165) is 41.1 Å². The minimum atomic E-state index is -0.105. The van der Waals surface area contributed by atoms with Crippen LogP contribution in [-0.2, 0) is 16.5 Å². The monoisotopic (exact) mass is 387 g/mol. The number of ether oxygens (including phenoxy) is 2. The summed E-state index contributed by atoms with van der Waals surface area (Å²) in [7, 11) is 5.23. The molecule has 1 saturated heterocycles. The molecule has 2 aliphatic rings. The van der Waals surface area contributed by atoms with Crippen LogP contribution in [0.4, 0.5) is 4.79 Å². The van der Waals surface area contributed by atoms with E-state index in [1.807, 2.05) is 38.2 Å². The van der Waals surface area contributed by atoms with E-state index in [0.29, 0.717) is 31.3 Å². The molecule has 0 aromatic carbocycles. The number of rotatable bonds is 4. The second-order valence-corrected chi connectivity index (χ2v) is 7.34. The van der Waals surface area contributed by atoms with Crippen LogP contribution < -0.4 is 5.32 Å². The summed E-state index contributed by atoms with van der Waals surface area (Å²) in [4.78, 5) is 19.2. The molecule has 8 heteroatoms. The Labute approximate surface area is 165 Å². The molecule has 0 saturated carbocycles. The average molecular weight is 387 g/mol. The Bertz CT molecular complexity index is 837. The van der Waals surface area contributed by atoms with Crippen molar-refractivity contribution in [2.45, 2.75) is 26.7 Å². The Hall–Kier alpha value is -2.61. The van der Waals surface area contributed by atoms with Crippen molar-refractivity contribution in [1.82, 2.24) is 20.0 Å². The lowest BCUT2D eigenvalue weighted by Crippen LogP contribution is -2.41. The number of nitrogens with one attached hydrogen (secondary N) is 1. The molecule has 3 rings (SSSR count). The van der Waals surface area contributed by atoms with Gasteiger partial charge in [-0.25, -0.2) is 9.79 Å². The number of carbonyl (C=O) groups is 1. The number of allylic oxidation sites excluding steroid dienone is 3. The number of amidine groups is 1. The molecule has 0 spiro atoms. The van der Waals surface area contributed by atoms with E-state index in [1.54, 1.807) is 18.9 Å². The Balaban J connectivity index is 1.80. The van der Waals surface area contributed by atoms with Gasteiger partial charge < -0.3 is 14.4 Å². The molecule has 2 amide bonds. The lowest BCUT2D eigenvalue weighted by molar-refractivity contribution is 0.154. The van der Waals surface area contributed by atoms with Crippen molar-refractivity contribution in [3.63, 3.8) is 0 Å². The van der Waals surface area contributed by atoms with Gasteiger partial charge in [0.25, 0.3) is 0 Å². The van der Waals surface area contributed by atoms with E-state index in [1.165, 1.54) is 0 Å². The highest BCUT2D eigenvalue weighted by Gasteiger charge is 2.29. The molecule has 1 atom stereocenters. The number of aliphatic imine (C=N–C) groups is 1. The number of hydrogen-bond donors (Lipinski definition) is 1. The maximum Gasteiger partial charge on any atom is 0.322 e. The first-order valence-corrected chi connectivity index (χ1v) is 9.49. The van der Waals surface area contributed by atoms with Gasteiger partial charge >= 0.3 is 6.03 Å². The molecule has 3 heterocycles. The Morgan fingerprint density at radius 3 is 2.79 bits per heavy atom. The van der Waals surface area contributed by atoms with Gasteiger partial charge in [-0.2, -0.15) is 5.10 Å². The second kappa shape index (κ2) is 8.60. The lowest BCUT2D eigenvalue weighted by atomic mass is 10.0. The van der Waals surface area contributed by atoms with E-state index >= 15 is 0 Å². The number of carbonyl (C=O) groups excluding carboxylic acids is 1. The molecule has 0 radical (unpaired) electrons. The molecule has 0 aliphatic carbocycles. The van der Waals surface area contributed by atoms with Crippen molar-refractivity contribution in [3.8, 4) is 0 Å². The summed E-state index contributed by atoms with van der Waals surface area (Å²) in [5, 5.41) is 7.23. The number of amides is 2. The van der Waals surface area contributed by atoms with Gasteiger partial charge in [0.05, 0.1) is 31.4 Å². The molecule has 1 N–H and O–H groups in total. The predicted molar refractivity (Wildman–Crippen MR) is 108 cm³/mol. The van der Waals surface area contributed by atoms with Crippen LogP contribution in [0.1, 0.15) is 32.3 Å². The van der Waals surface area contributed by atoms with E-state index < -0.39 is 0 Å². The van der Waals surface area contributed by atoms with Crippen molar-refractivity contribution in [3.05, 3.63) is 35.0 Å². The Kier molecular flexibility index (Phi) is 6.18. The number of methoxy groups -OCH3 is 2. The minimum Gasteiger partial charge on any atom is -0.501 e. The van der Waals surface area contributed by atoms with Gasteiger partial charge in [0, 0.05) is 56.9 Å². The number of hydrogen-bond acceptors (Lipinski definition) is 5. The highest BCUT2D eigenvalue weighted by Crippen LogP contribution is 2.33. The highest BCUT2D eigenvalue weighted by molar-refractivity contribution is 6.02. The van der Waals surface area contributed by atoms with Gasteiger partial charge in [0.1, 0.15) is 5.84 Å². The molecule has 0 bridgehead atoms. The fraction of sp³-hybridized carbons (Fsp3) is 0.550. The van der Waals surface area contributed by atoms with Gasteiger partial charge in [-0.15, -0.1) is 0 Å². The number of likely N-dealkylation sites (tertiary alicyclic amines) is 1. The summed E-state index contributed by atoms with van der Waals surface area (Å²) in [6.45, 7) is 6.07. The van der Waals surface area contributed by atoms with Crippen LogP contribution in [-0.4, -0.2) is 60.5 Å². The van der Waals surface area contributed by atoms with Crippen molar-refractivity contribution in [1.29, 1.82) is 0 Å². The molecule has 1 aromatic heterocycles. The van der Waals surface area contributed by atoms with Crippen LogP contribution in [0.15, 0.2) is 34.4 Å². The molecular formula is C20H29N5O3. The summed E-state index contributed by atoms with van der Waals surface area (Å²) in [5.74, 6) is 1.84. The van der Waals surface area contributed by atoms with Crippen molar-refractivity contribution in [2.24, 2.45) is 18.0 Å². The minimum absolute atomic E-state index is 0.105. The maximum absolute atomic E-state index is 12.7. The Morgan fingerprint density at radius 2 is 2.14 bits per heavy atom. The van der Waals surface area contributed by atoms with Crippen molar-refractivity contribution < 1.29 is 14.3 Å². The zero-order valence-electron chi connectivity index (χ0n) is 17.3. The van der Waals surface area contributed by atoms with Crippen LogP contribution in [0, 0.1) is 5.92 Å². The molecule has 1 aromatic rings. The summed E-state index contributed by atoms with van der Waals surface area (Å²) in [6, 6.07) is -0.105. The molecule has 1 fully saturated rings. The molecule has 2 aliphatic heterocycles. The first-order chi connectivity index (χ1) is 13.4. The van der Waals surface area contributed by atoms with Crippen LogP contribution in [0.5, 0.6) is 0 Å². The maximum atomic E-state index is 12.7. The first kappa shape index (κ1) is 20.1. The van der Waals surface area contributed by atoms with Gasteiger partial charge in [0.15, 0.2) is 0 Å². The largest absolute Gasteiger partial charge is 0.501 e. The number of aromatic nitrogens is 2. The van der Waals surface area contributed by atoms with Gasteiger partial charge in [0.2, 0.25) is 0 Å². The Morgan fingerprint density at radius 1 is 1.36 bits per heavy atom. The van der Waals surface area contributed by atoms with Crippen molar-refractivity contribution >= 4 is 17.4 Å². The highest BCUT2D eigenvalue weighted by atomic mass is 16.5. The van der Waals surface area contributed by atoms with E-state index in [2.05, 4.69) is 10.4 Å². The number of nitrogens with zero attached hydrogens (tertiary/aromatic N) is 4. The van der Waals surface area contributed by atoms with Crippen LogP contribution >= 0.6 is 0 Å². The smallest absolute Gasteiger partial charge is 0.322 e. The van der Waals surface area contributed by atoms with E-state index in [-0.39, 0.29) is 6.03 Å². The molecular weight excluding hydrogens is 358 g/mol. The normalized spacial score (nSPS) is 23.0. The summed E-state index contributed by atoms with van der Waals surface area (Å²) in [5.41, 5.74) is 3.82. The van der Waals surface area contributed by atoms with Gasteiger partial charge in [-0.3, -0.25) is 10.00 Å². The number of aryl methyl sites for hydroxylation is 1. The summed E-state index contributed by atoms with van der Waals surface area (Å²) < 4.78 is 12.4.